The van der Waals surface area contributed by atoms with Gasteiger partial charge in [0, 0.05) is 37.5 Å². The molecule has 1 aromatic heterocycles. The molecule has 2 heterocycles. The van der Waals surface area contributed by atoms with E-state index in [2.05, 4.69) is 26.8 Å². The normalized spacial score (nSPS) is 16.9. The van der Waals surface area contributed by atoms with Gasteiger partial charge in [-0.15, -0.1) is 0 Å². The number of aromatic nitrogens is 1. The van der Waals surface area contributed by atoms with Crippen LogP contribution in [-0.4, -0.2) is 37.9 Å². The third-order valence-corrected chi connectivity index (χ3v) is 4.13. The maximum absolute atomic E-state index is 11.9. The topological polar surface area (TPSA) is 79.6 Å². The van der Waals surface area contributed by atoms with Crippen molar-refractivity contribution < 1.29 is 14.1 Å². The van der Waals surface area contributed by atoms with Gasteiger partial charge in [-0.3, -0.25) is 5.32 Å². The Balaban J connectivity index is 1.46. The van der Waals surface area contributed by atoms with E-state index in [9.17, 15) is 4.79 Å². The summed E-state index contributed by atoms with van der Waals surface area (Å²) in [5.41, 5.74) is 1.15. The smallest absolute Gasteiger partial charge is 0.320 e. The van der Waals surface area contributed by atoms with E-state index in [0.29, 0.717) is 24.0 Å². The number of methoxy groups -OCH3 is 1. The molecule has 0 spiro atoms. The van der Waals surface area contributed by atoms with Crippen LogP contribution in [0.3, 0.4) is 0 Å². The van der Waals surface area contributed by atoms with E-state index in [-0.39, 0.29) is 6.03 Å². The van der Waals surface area contributed by atoms with E-state index < -0.39 is 0 Å². The van der Waals surface area contributed by atoms with Gasteiger partial charge in [0.1, 0.15) is 11.5 Å². The number of ether oxygens (including phenoxy) is 1. The van der Waals surface area contributed by atoms with Gasteiger partial charge >= 0.3 is 6.03 Å². The standard InChI is InChI=1S/C17H22N4O3/c1-12-8-16(20-24-12)19-17(22)18-10-13-6-7-21(11-13)14-4-3-5-15(9-14)23-2/h3-5,8-9,13H,6-7,10-11H2,1-2H3,(H2,18,19,20,22)/t13-/m0/s1. The molecule has 2 N–H and O–H groups in total. The number of hydrogen-bond acceptors (Lipinski definition) is 5. The second kappa shape index (κ2) is 7.25. The van der Waals surface area contributed by atoms with E-state index in [1.807, 2.05) is 18.2 Å². The van der Waals surface area contributed by atoms with Crippen LogP contribution in [0.5, 0.6) is 5.75 Å². The van der Waals surface area contributed by atoms with Crippen molar-refractivity contribution in [3.8, 4) is 5.75 Å². The number of hydrogen-bond donors (Lipinski definition) is 2. The molecule has 7 heteroatoms. The largest absolute Gasteiger partial charge is 0.497 e. The minimum atomic E-state index is -0.261. The van der Waals surface area contributed by atoms with E-state index >= 15 is 0 Å². The van der Waals surface area contributed by atoms with Crippen LogP contribution in [0.2, 0.25) is 0 Å². The van der Waals surface area contributed by atoms with E-state index in [1.54, 1.807) is 20.1 Å². The molecule has 1 aliphatic heterocycles. The molecule has 0 radical (unpaired) electrons. The molecule has 128 valence electrons. The highest BCUT2D eigenvalue weighted by atomic mass is 16.5. The van der Waals surface area contributed by atoms with Crippen LogP contribution in [0.15, 0.2) is 34.9 Å². The molecule has 7 nitrogen and oxygen atoms in total. The van der Waals surface area contributed by atoms with Crippen molar-refractivity contribution in [3.05, 3.63) is 36.1 Å². The van der Waals surface area contributed by atoms with Crippen LogP contribution in [-0.2, 0) is 0 Å². The van der Waals surface area contributed by atoms with Crippen LogP contribution in [0, 0.1) is 12.8 Å². The Morgan fingerprint density at radius 2 is 2.33 bits per heavy atom. The number of anilines is 2. The molecule has 1 atom stereocenters. The Labute approximate surface area is 141 Å². The van der Waals surface area contributed by atoms with Gasteiger partial charge in [0.2, 0.25) is 0 Å². The SMILES string of the molecule is COc1cccc(N2CC[C@@H](CNC(=O)Nc3cc(C)on3)C2)c1. The van der Waals surface area contributed by atoms with Crippen LogP contribution in [0.25, 0.3) is 0 Å². The molecule has 0 bridgehead atoms. The lowest BCUT2D eigenvalue weighted by Crippen LogP contribution is -2.34. The van der Waals surface area contributed by atoms with E-state index in [0.717, 1.165) is 30.9 Å². The number of urea groups is 1. The number of carbonyl (C=O) groups excluding carboxylic acids is 1. The molecule has 24 heavy (non-hydrogen) atoms. The highest BCUT2D eigenvalue weighted by Gasteiger charge is 2.23. The van der Waals surface area contributed by atoms with Crippen molar-refractivity contribution in [1.82, 2.24) is 10.5 Å². The third-order valence-electron chi connectivity index (χ3n) is 4.13. The highest BCUT2D eigenvalue weighted by Crippen LogP contribution is 2.26. The first-order valence-electron chi connectivity index (χ1n) is 8.01. The van der Waals surface area contributed by atoms with Gasteiger partial charge in [0.15, 0.2) is 5.82 Å². The molecule has 3 rings (SSSR count). The quantitative estimate of drug-likeness (QED) is 0.881. The molecule has 1 aromatic carbocycles. The molecular formula is C17H22N4O3. The predicted molar refractivity (Wildman–Crippen MR) is 91.6 cm³/mol. The van der Waals surface area contributed by atoms with Crippen LogP contribution >= 0.6 is 0 Å². The molecule has 1 fully saturated rings. The first kappa shape index (κ1) is 16.2. The summed E-state index contributed by atoms with van der Waals surface area (Å²) >= 11 is 0. The predicted octanol–water partition coefficient (Wildman–Crippen LogP) is 2.64. The van der Waals surface area contributed by atoms with Crippen molar-refractivity contribution in [1.29, 1.82) is 0 Å². The molecule has 1 aliphatic rings. The van der Waals surface area contributed by atoms with Gasteiger partial charge in [-0.25, -0.2) is 4.79 Å². The fourth-order valence-electron chi connectivity index (χ4n) is 2.86. The molecular weight excluding hydrogens is 308 g/mol. The number of aryl methyl sites for hydroxylation is 1. The van der Waals surface area contributed by atoms with Gasteiger partial charge < -0.3 is 19.5 Å². The Morgan fingerprint density at radius 3 is 3.08 bits per heavy atom. The monoisotopic (exact) mass is 330 g/mol. The average molecular weight is 330 g/mol. The fourth-order valence-corrected chi connectivity index (χ4v) is 2.86. The molecule has 0 saturated carbocycles. The first-order valence-corrected chi connectivity index (χ1v) is 8.01. The number of nitrogens with zero attached hydrogens (tertiary/aromatic N) is 2. The van der Waals surface area contributed by atoms with Crippen molar-refractivity contribution in [2.24, 2.45) is 5.92 Å². The Kier molecular flexibility index (Phi) is 4.88. The minimum absolute atomic E-state index is 0.261. The summed E-state index contributed by atoms with van der Waals surface area (Å²) in [6, 6.07) is 9.47. The van der Waals surface area contributed by atoms with Crippen molar-refractivity contribution in [3.63, 3.8) is 0 Å². The Bertz CT molecular complexity index is 701. The molecule has 1 saturated heterocycles. The summed E-state index contributed by atoms with van der Waals surface area (Å²) in [6.07, 6.45) is 1.04. The first-order chi connectivity index (χ1) is 11.6. The average Bonchev–Trinajstić information content (AvgIpc) is 3.22. The maximum Gasteiger partial charge on any atom is 0.320 e. The van der Waals surface area contributed by atoms with Gasteiger partial charge in [-0.1, -0.05) is 11.2 Å². The minimum Gasteiger partial charge on any atom is -0.497 e. The molecule has 2 amide bonds. The van der Waals surface area contributed by atoms with Gasteiger partial charge in [0.25, 0.3) is 0 Å². The molecule has 2 aromatic rings. The maximum atomic E-state index is 11.9. The number of amides is 2. The summed E-state index contributed by atoms with van der Waals surface area (Å²) in [5, 5.41) is 9.29. The second-order valence-electron chi connectivity index (χ2n) is 5.96. The van der Waals surface area contributed by atoms with Gasteiger partial charge in [-0.2, -0.15) is 0 Å². The second-order valence-corrected chi connectivity index (χ2v) is 5.96. The van der Waals surface area contributed by atoms with Crippen molar-refractivity contribution in [2.75, 3.05) is 37.0 Å². The molecule has 0 unspecified atom stereocenters. The number of rotatable bonds is 5. The lowest BCUT2D eigenvalue weighted by molar-refractivity contribution is 0.250. The highest BCUT2D eigenvalue weighted by molar-refractivity contribution is 5.88. The number of carbonyl (C=O) groups is 1. The zero-order chi connectivity index (χ0) is 16.9. The summed E-state index contributed by atoms with van der Waals surface area (Å²) in [4.78, 5) is 14.2. The zero-order valence-electron chi connectivity index (χ0n) is 13.9. The summed E-state index contributed by atoms with van der Waals surface area (Å²) in [6.45, 7) is 4.30. The summed E-state index contributed by atoms with van der Waals surface area (Å²) in [7, 11) is 1.67. The van der Waals surface area contributed by atoms with Crippen LogP contribution < -0.4 is 20.3 Å². The summed E-state index contributed by atoms with van der Waals surface area (Å²) < 4.78 is 10.2. The fraction of sp³-hybridized carbons (Fsp3) is 0.412. The summed E-state index contributed by atoms with van der Waals surface area (Å²) in [5.74, 6) is 2.36. The van der Waals surface area contributed by atoms with E-state index in [4.69, 9.17) is 9.26 Å². The lowest BCUT2D eigenvalue weighted by atomic mass is 10.1. The number of benzene rings is 1. The lowest BCUT2D eigenvalue weighted by Gasteiger charge is -2.19. The van der Waals surface area contributed by atoms with Crippen LogP contribution in [0.4, 0.5) is 16.3 Å². The number of nitrogens with one attached hydrogen (secondary N) is 2. The molecule has 0 aliphatic carbocycles. The zero-order valence-corrected chi connectivity index (χ0v) is 13.9. The van der Waals surface area contributed by atoms with Gasteiger partial charge in [0.05, 0.1) is 7.11 Å². The van der Waals surface area contributed by atoms with Gasteiger partial charge in [-0.05, 0) is 31.4 Å². The van der Waals surface area contributed by atoms with Crippen molar-refractivity contribution in [2.45, 2.75) is 13.3 Å². The van der Waals surface area contributed by atoms with Crippen LogP contribution in [0.1, 0.15) is 12.2 Å². The van der Waals surface area contributed by atoms with E-state index in [1.165, 1.54) is 0 Å². The Morgan fingerprint density at radius 1 is 1.46 bits per heavy atom. The third kappa shape index (κ3) is 3.98. The Hall–Kier alpha value is -2.70. The van der Waals surface area contributed by atoms with Crippen molar-refractivity contribution >= 4 is 17.5 Å².